The Labute approximate surface area is 186 Å². The van der Waals surface area contributed by atoms with E-state index >= 15 is 0 Å². The van der Waals surface area contributed by atoms with E-state index in [4.69, 9.17) is 4.74 Å². The summed E-state index contributed by atoms with van der Waals surface area (Å²) in [5, 5.41) is 0. The molecule has 2 aromatic carbocycles. The molecule has 4 heteroatoms. The van der Waals surface area contributed by atoms with Crippen molar-refractivity contribution in [1.29, 1.82) is 0 Å². The highest BCUT2D eigenvalue weighted by Gasteiger charge is 2.33. The first kappa shape index (κ1) is 23.9. The minimum Gasteiger partial charge on any atom is -0.369 e. The van der Waals surface area contributed by atoms with Gasteiger partial charge in [-0.3, -0.25) is 0 Å². The van der Waals surface area contributed by atoms with Gasteiger partial charge >= 0.3 is 0 Å². The zero-order chi connectivity index (χ0) is 22.5. The molecule has 3 rings (SSSR count). The molecule has 0 aliphatic carbocycles. The van der Waals surface area contributed by atoms with Gasteiger partial charge in [0.25, 0.3) is 0 Å². The second kappa shape index (κ2) is 10.2. The summed E-state index contributed by atoms with van der Waals surface area (Å²) in [7, 11) is 0. The van der Waals surface area contributed by atoms with Gasteiger partial charge in [-0.25, -0.2) is 8.78 Å². The molecular formula is C27H37F2NO. The molecule has 170 valence electrons. The highest BCUT2D eigenvalue weighted by atomic mass is 19.1. The number of unbranched alkanes of at least 4 members (excludes halogenated alkanes) is 1. The zero-order valence-electron chi connectivity index (χ0n) is 19.5. The lowest BCUT2D eigenvalue weighted by atomic mass is 9.75. The quantitative estimate of drug-likeness (QED) is 0.419. The first-order valence-corrected chi connectivity index (χ1v) is 11.5. The monoisotopic (exact) mass is 429 g/mol. The largest absolute Gasteiger partial charge is 0.369 e. The Morgan fingerprint density at radius 2 is 1.39 bits per heavy atom. The topological polar surface area (TPSA) is 12.5 Å². The SMILES string of the molecule is CC1(C)CCN(CCCCOC(c2ccc(F)cc2)c2ccc(F)cc2)CC(C)(C)C1. The molecule has 0 unspecified atom stereocenters. The number of halogens is 2. The standard InChI is InChI=1S/C27H37F2NO/c1-26(2)15-17-30(20-27(3,4)19-26)16-5-6-18-31-25(21-7-11-23(28)12-8-21)22-9-13-24(29)14-10-22/h7-14,25H,5-6,15-20H2,1-4H3. The van der Waals surface area contributed by atoms with E-state index < -0.39 is 0 Å². The molecule has 1 aliphatic heterocycles. The van der Waals surface area contributed by atoms with E-state index in [9.17, 15) is 8.78 Å². The Balaban J connectivity index is 1.54. The number of benzene rings is 2. The summed E-state index contributed by atoms with van der Waals surface area (Å²) in [6, 6.07) is 12.7. The molecule has 0 N–H and O–H groups in total. The van der Waals surface area contributed by atoms with Gasteiger partial charge < -0.3 is 9.64 Å². The van der Waals surface area contributed by atoms with Crippen LogP contribution in [0.2, 0.25) is 0 Å². The summed E-state index contributed by atoms with van der Waals surface area (Å²) in [5.74, 6) is -0.546. The minimum absolute atomic E-state index is 0.273. The lowest BCUT2D eigenvalue weighted by Crippen LogP contribution is -2.33. The summed E-state index contributed by atoms with van der Waals surface area (Å²) in [5.41, 5.74) is 2.50. The third-order valence-corrected chi connectivity index (χ3v) is 6.21. The van der Waals surface area contributed by atoms with Crippen molar-refractivity contribution in [3.05, 3.63) is 71.3 Å². The maximum absolute atomic E-state index is 13.4. The summed E-state index contributed by atoms with van der Waals surface area (Å²) in [4.78, 5) is 2.60. The van der Waals surface area contributed by atoms with E-state index in [1.807, 2.05) is 0 Å². The van der Waals surface area contributed by atoms with Gasteiger partial charge in [0.1, 0.15) is 17.7 Å². The second-order valence-electron chi connectivity index (χ2n) is 10.6. The lowest BCUT2D eigenvalue weighted by molar-refractivity contribution is 0.0744. The molecule has 0 atom stereocenters. The first-order valence-electron chi connectivity index (χ1n) is 11.5. The fourth-order valence-electron chi connectivity index (χ4n) is 5.07. The fourth-order valence-corrected chi connectivity index (χ4v) is 5.07. The normalized spacial score (nSPS) is 18.8. The highest BCUT2D eigenvalue weighted by molar-refractivity contribution is 5.30. The van der Waals surface area contributed by atoms with Crippen molar-refractivity contribution in [3.8, 4) is 0 Å². The Hall–Kier alpha value is -1.78. The van der Waals surface area contributed by atoms with E-state index in [0.29, 0.717) is 17.4 Å². The molecule has 2 aromatic rings. The fraction of sp³-hybridized carbons (Fsp3) is 0.556. The maximum Gasteiger partial charge on any atom is 0.123 e. The Kier molecular flexibility index (Phi) is 7.87. The van der Waals surface area contributed by atoms with E-state index in [0.717, 1.165) is 43.6 Å². The number of nitrogens with zero attached hydrogens (tertiary/aromatic N) is 1. The smallest absolute Gasteiger partial charge is 0.123 e. The molecular weight excluding hydrogens is 392 g/mol. The molecule has 0 radical (unpaired) electrons. The van der Waals surface area contributed by atoms with Crippen molar-refractivity contribution >= 4 is 0 Å². The van der Waals surface area contributed by atoms with Crippen LogP contribution in [0.1, 0.15) is 70.6 Å². The average Bonchev–Trinajstić information content (AvgIpc) is 2.80. The summed E-state index contributed by atoms with van der Waals surface area (Å²) < 4.78 is 33.0. The number of hydrogen-bond acceptors (Lipinski definition) is 2. The van der Waals surface area contributed by atoms with Gasteiger partial charge in [0.2, 0.25) is 0 Å². The molecule has 2 nitrogen and oxygen atoms in total. The Bertz CT molecular complexity index is 769. The van der Waals surface area contributed by atoms with Gasteiger partial charge in [0.15, 0.2) is 0 Å². The third-order valence-electron chi connectivity index (χ3n) is 6.21. The molecule has 0 spiro atoms. The highest BCUT2D eigenvalue weighted by Crippen LogP contribution is 2.39. The van der Waals surface area contributed by atoms with Crippen LogP contribution >= 0.6 is 0 Å². The molecule has 0 amide bonds. The van der Waals surface area contributed by atoms with Crippen molar-refractivity contribution in [2.75, 3.05) is 26.2 Å². The number of rotatable bonds is 8. The van der Waals surface area contributed by atoms with Crippen molar-refractivity contribution in [2.24, 2.45) is 10.8 Å². The van der Waals surface area contributed by atoms with Gasteiger partial charge in [0.05, 0.1) is 0 Å². The molecule has 1 fully saturated rings. The predicted molar refractivity (Wildman–Crippen MR) is 123 cm³/mol. The van der Waals surface area contributed by atoms with Crippen LogP contribution in [0.3, 0.4) is 0 Å². The van der Waals surface area contributed by atoms with Gasteiger partial charge in [0, 0.05) is 13.2 Å². The summed E-state index contributed by atoms with van der Waals surface area (Å²) >= 11 is 0. The molecule has 1 heterocycles. The van der Waals surface area contributed by atoms with Crippen molar-refractivity contribution in [1.82, 2.24) is 4.90 Å². The van der Waals surface area contributed by atoms with Gasteiger partial charge in [-0.05, 0) is 85.0 Å². The zero-order valence-corrected chi connectivity index (χ0v) is 19.5. The third kappa shape index (κ3) is 7.40. The van der Waals surface area contributed by atoms with Crippen LogP contribution in [0.25, 0.3) is 0 Å². The van der Waals surface area contributed by atoms with Crippen molar-refractivity contribution in [3.63, 3.8) is 0 Å². The van der Waals surface area contributed by atoms with Crippen LogP contribution in [-0.4, -0.2) is 31.1 Å². The average molecular weight is 430 g/mol. The molecule has 31 heavy (non-hydrogen) atoms. The molecule has 0 aromatic heterocycles. The van der Waals surface area contributed by atoms with E-state index in [1.54, 1.807) is 24.3 Å². The van der Waals surface area contributed by atoms with Gasteiger partial charge in [-0.1, -0.05) is 52.0 Å². The number of ether oxygens (including phenoxy) is 1. The van der Waals surface area contributed by atoms with Crippen LogP contribution < -0.4 is 0 Å². The second-order valence-corrected chi connectivity index (χ2v) is 10.6. The van der Waals surface area contributed by atoms with Crippen molar-refractivity contribution < 1.29 is 13.5 Å². The Morgan fingerprint density at radius 1 is 0.839 bits per heavy atom. The van der Waals surface area contributed by atoms with Crippen LogP contribution in [0.4, 0.5) is 8.78 Å². The molecule has 0 bridgehead atoms. The minimum atomic E-state index is -0.320. The lowest BCUT2D eigenvalue weighted by Gasteiger charge is -2.32. The number of likely N-dealkylation sites (tertiary alicyclic amines) is 1. The van der Waals surface area contributed by atoms with Crippen LogP contribution in [0, 0.1) is 22.5 Å². The van der Waals surface area contributed by atoms with Crippen LogP contribution in [0.15, 0.2) is 48.5 Å². The molecule has 0 saturated carbocycles. The summed E-state index contributed by atoms with van der Waals surface area (Å²) in [6.45, 7) is 13.5. The first-order chi connectivity index (χ1) is 14.6. The Morgan fingerprint density at radius 3 is 1.94 bits per heavy atom. The molecule has 1 aliphatic rings. The number of hydrogen-bond donors (Lipinski definition) is 0. The van der Waals surface area contributed by atoms with Gasteiger partial charge in [-0.15, -0.1) is 0 Å². The van der Waals surface area contributed by atoms with E-state index in [1.165, 1.54) is 37.1 Å². The van der Waals surface area contributed by atoms with Crippen LogP contribution in [-0.2, 0) is 4.74 Å². The van der Waals surface area contributed by atoms with E-state index in [2.05, 4.69) is 32.6 Å². The van der Waals surface area contributed by atoms with Crippen LogP contribution in [0.5, 0.6) is 0 Å². The van der Waals surface area contributed by atoms with Gasteiger partial charge in [-0.2, -0.15) is 0 Å². The van der Waals surface area contributed by atoms with Crippen molar-refractivity contribution in [2.45, 2.75) is 59.5 Å². The van der Waals surface area contributed by atoms with E-state index in [-0.39, 0.29) is 17.7 Å². The predicted octanol–water partition coefficient (Wildman–Crippen LogP) is 7.00. The maximum atomic E-state index is 13.4. The summed E-state index contributed by atoms with van der Waals surface area (Å²) in [6.07, 6.45) is 4.22. The molecule has 1 saturated heterocycles.